The Bertz CT molecular complexity index is 768. The van der Waals surface area contributed by atoms with Crippen molar-refractivity contribution in [2.75, 3.05) is 0 Å². The minimum absolute atomic E-state index is 0.306. The maximum absolute atomic E-state index is 13.7. The topological polar surface area (TPSA) is 38.9 Å². The number of nitrogens with zero attached hydrogens (tertiary/aromatic N) is 1. The summed E-state index contributed by atoms with van der Waals surface area (Å²) in [4.78, 5) is 4.11. The van der Waals surface area contributed by atoms with Crippen LogP contribution in [0.15, 0.2) is 59.3 Å². The van der Waals surface area contributed by atoms with E-state index in [9.17, 15) is 4.39 Å². The van der Waals surface area contributed by atoms with E-state index in [2.05, 4.69) is 20.9 Å². The Labute approximate surface area is 124 Å². The number of benzene rings is 2. The lowest BCUT2D eigenvalue weighted by Gasteiger charge is -2.16. The van der Waals surface area contributed by atoms with Gasteiger partial charge in [0.15, 0.2) is 0 Å². The second-order valence-corrected chi connectivity index (χ2v) is 5.36. The summed E-state index contributed by atoms with van der Waals surface area (Å²) in [6.45, 7) is 0. The van der Waals surface area contributed by atoms with Crippen LogP contribution in [0.2, 0.25) is 0 Å². The van der Waals surface area contributed by atoms with E-state index in [-0.39, 0.29) is 5.82 Å². The van der Waals surface area contributed by atoms with Gasteiger partial charge in [0.25, 0.3) is 0 Å². The van der Waals surface area contributed by atoms with Crippen LogP contribution in [0.25, 0.3) is 10.8 Å². The molecule has 1 unspecified atom stereocenters. The van der Waals surface area contributed by atoms with Crippen LogP contribution in [0.5, 0.6) is 0 Å². The van der Waals surface area contributed by atoms with E-state index in [4.69, 9.17) is 5.73 Å². The highest BCUT2D eigenvalue weighted by Gasteiger charge is 2.16. The normalized spacial score (nSPS) is 12.6. The summed E-state index contributed by atoms with van der Waals surface area (Å²) < 4.78 is 14.1. The summed E-state index contributed by atoms with van der Waals surface area (Å²) in [7, 11) is 0. The van der Waals surface area contributed by atoms with Gasteiger partial charge in [0, 0.05) is 17.8 Å². The van der Waals surface area contributed by atoms with Gasteiger partial charge in [-0.05, 0) is 44.6 Å². The Morgan fingerprint density at radius 3 is 2.65 bits per heavy atom. The van der Waals surface area contributed by atoms with Crippen LogP contribution in [0, 0.1) is 5.82 Å². The Kier molecular flexibility index (Phi) is 3.51. The number of hydrogen-bond donors (Lipinski definition) is 1. The van der Waals surface area contributed by atoms with Gasteiger partial charge in [0.2, 0.25) is 0 Å². The first-order valence-electron chi connectivity index (χ1n) is 6.20. The Balaban J connectivity index is 2.18. The molecule has 1 atom stereocenters. The van der Waals surface area contributed by atoms with Crippen LogP contribution >= 0.6 is 15.9 Å². The average molecular weight is 331 g/mol. The summed E-state index contributed by atoms with van der Waals surface area (Å²) in [6.07, 6.45) is 3.53. The number of nitrogens with two attached hydrogens (primary N) is 1. The van der Waals surface area contributed by atoms with Gasteiger partial charge in [-0.3, -0.25) is 4.98 Å². The summed E-state index contributed by atoms with van der Waals surface area (Å²) in [5.74, 6) is -0.306. The summed E-state index contributed by atoms with van der Waals surface area (Å²) in [5.41, 5.74) is 8.02. The molecule has 0 amide bonds. The van der Waals surface area contributed by atoms with Crippen molar-refractivity contribution < 1.29 is 4.39 Å². The zero-order valence-electron chi connectivity index (χ0n) is 10.6. The molecule has 4 heteroatoms. The molecule has 2 N–H and O–H groups in total. The molecule has 0 spiro atoms. The smallest absolute Gasteiger partial charge is 0.137 e. The lowest BCUT2D eigenvalue weighted by atomic mass is 9.95. The number of fused-ring (bicyclic) bond motifs is 1. The van der Waals surface area contributed by atoms with Crippen LogP contribution in [0.3, 0.4) is 0 Å². The highest BCUT2D eigenvalue weighted by molar-refractivity contribution is 9.10. The van der Waals surface area contributed by atoms with Gasteiger partial charge in [-0.2, -0.15) is 0 Å². The molecule has 100 valence electrons. The molecule has 0 saturated carbocycles. The zero-order valence-corrected chi connectivity index (χ0v) is 12.1. The van der Waals surface area contributed by atoms with E-state index in [1.54, 1.807) is 18.5 Å². The van der Waals surface area contributed by atoms with Gasteiger partial charge >= 0.3 is 0 Å². The quantitative estimate of drug-likeness (QED) is 0.765. The molecule has 2 aromatic carbocycles. The van der Waals surface area contributed by atoms with Crippen molar-refractivity contribution in [3.63, 3.8) is 0 Å². The maximum Gasteiger partial charge on any atom is 0.137 e. The van der Waals surface area contributed by atoms with Crippen LogP contribution in [0.4, 0.5) is 4.39 Å². The van der Waals surface area contributed by atoms with Gasteiger partial charge in [-0.1, -0.05) is 30.3 Å². The second kappa shape index (κ2) is 5.31. The number of aromatic nitrogens is 1. The molecule has 1 heterocycles. The molecule has 0 fully saturated rings. The molecule has 0 bridgehead atoms. The Hall–Kier alpha value is -1.78. The van der Waals surface area contributed by atoms with Crippen LogP contribution in [-0.4, -0.2) is 4.98 Å². The molecule has 0 aliphatic rings. The lowest BCUT2D eigenvalue weighted by molar-refractivity contribution is 0.616. The van der Waals surface area contributed by atoms with Gasteiger partial charge in [-0.15, -0.1) is 0 Å². The lowest BCUT2D eigenvalue weighted by Crippen LogP contribution is -2.13. The van der Waals surface area contributed by atoms with Crippen molar-refractivity contribution in [2.24, 2.45) is 5.73 Å². The van der Waals surface area contributed by atoms with E-state index in [1.165, 1.54) is 6.07 Å². The fourth-order valence-electron chi connectivity index (χ4n) is 2.35. The predicted molar refractivity (Wildman–Crippen MR) is 81.9 cm³/mol. The minimum atomic E-state index is -0.397. The van der Waals surface area contributed by atoms with Crippen LogP contribution in [0.1, 0.15) is 17.2 Å². The fraction of sp³-hybridized carbons (Fsp3) is 0.0625. The van der Waals surface area contributed by atoms with E-state index >= 15 is 0 Å². The third-order valence-corrected chi connectivity index (χ3v) is 4.20. The summed E-state index contributed by atoms with van der Waals surface area (Å²) >= 11 is 3.27. The van der Waals surface area contributed by atoms with Gasteiger partial charge in [-0.25, -0.2) is 4.39 Å². The number of rotatable bonds is 2. The third-order valence-electron chi connectivity index (χ3n) is 3.37. The number of pyridine rings is 1. The fourth-order valence-corrected chi connectivity index (χ4v) is 2.86. The molecule has 0 radical (unpaired) electrons. The molecule has 0 saturated heterocycles. The van der Waals surface area contributed by atoms with Crippen molar-refractivity contribution in [2.45, 2.75) is 6.04 Å². The minimum Gasteiger partial charge on any atom is -0.320 e. The first kappa shape index (κ1) is 13.2. The van der Waals surface area contributed by atoms with Crippen molar-refractivity contribution in [1.29, 1.82) is 0 Å². The Morgan fingerprint density at radius 1 is 1.05 bits per heavy atom. The van der Waals surface area contributed by atoms with Gasteiger partial charge in [0.1, 0.15) is 5.82 Å². The van der Waals surface area contributed by atoms with Crippen molar-refractivity contribution in [1.82, 2.24) is 4.98 Å². The molecule has 20 heavy (non-hydrogen) atoms. The first-order chi connectivity index (χ1) is 9.68. The van der Waals surface area contributed by atoms with Crippen molar-refractivity contribution >= 4 is 26.7 Å². The summed E-state index contributed by atoms with van der Waals surface area (Å²) in [5, 5.41) is 2.05. The molecular weight excluding hydrogens is 319 g/mol. The highest BCUT2D eigenvalue weighted by atomic mass is 79.9. The summed E-state index contributed by atoms with van der Waals surface area (Å²) in [6, 6.07) is 12.3. The second-order valence-electron chi connectivity index (χ2n) is 4.56. The highest BCUT2D eigenvalue weighted by Crippen LogP contribution is 2.32. The number of hydrogen-bond acceptors (Lipinski definition) is 2. The molecule has 3 rings (SSSR count). The van der Waals surface area contributed by atoms with Crippen LogP contribution in [-0.2, 0) is 0 Å². The first-order valence-corrected chi connectivity index (χ1v) is 7.00. The molecule has 3 aromatic rings. The SMILES string of the molecule is NC(c1cccc(F)c1Br)c1cccc2cnccc12. The van der Waals surface area contributed by atoms with E-state index in [0.29, 0.717) is 4.47 Å². The molecule has 0 aliphatic carbocycles. The van der Waals surface area contributed by atoms with Gasteiger partial charge < -0.3 is 5.73 Å². The van der Waals surface area contributed by atoms with E-state index in [1.807, 2.05) is 30.3 Å². The Morgan fingerprint density at radius 2 is 1.80 bits per heavy atom. The average Bonchev–Trinajstić information content (AvgIpc) is 2.49. The van der Waals surface area contributed by atoms with Gasteiger partial charge in [0.05, 0.1) is 10.5 Å². The maximum atomic E-state index is 13.7. The molecule has 2 nitrogen and oxygen atoms in total. The zero-order chi connectivity index (χ0) is 14.1. The predicted octanol–water partition coefficient (Wildman–Crippen LogP) is 4.18. The monoisotopic (exact) mass is 330 g/mol. The van der Waals surface area contributed by atoms with Crippen LogP contribution < -0.4 is 5.73 Å². The number of halogens is 2. The largest absolute Gasteiger partial charge is 0.320 e. The van der Waals surface area contributed by atoms with E-state index in [0.717, 1.165) is 21.9 Å². The molecular formula is C16H12BrFN2. The molecule has 0 aliphatic heterocycles. The standard InChI is InChI=1S/C16H12BrFN2/c17-15-13(5-2-6-14(15)18)16(19)12-4-1-3-10-9-20-8-7-11(10)12/h1-9,16H,19H2. The van der Waals surface area contributed by atoms with Crippen molar-refractivity contribution in [3.05, 3.63) is 76.3 Å². The third kappa shape index (κ3) is 2.21. The van der Waals surface area contributed by atoms with E-state index < -0.39 is 6.04 Å². The van der Waals surface area contributed by atoms with Crippen molar-refractivity contribution in [3.8, 4) is 0 Å². The molecule has 1 aromatic heterocycles.